The Labute approximate surface area is 109 Å². The summed E-state index contributed by atoms with van der Waals surface area (Å²) in [5.41, 5.74) is 0. The minimum atomic E-state index is 0.106. The lowest BCUT2D eigenvalue weighted by molar-refractivity contribution is -0.151. The Morgan fingerprint density at radius 3 is 2.72 bits per heavy atom. The molecule has 0 aromatic heterocycles. The van der Waals surface area contributed by atoms with Gasteiger partial charge in [0.25, 0.3) is 0 Å². The first-order valence-corrected chi connectivity index (χ1v) is 7.64. The zero-order valence-corrected chi connectivity index (χ0v) is 11.0. The molecule has 0 heterocycles. The molecule has 4 aliphatic rings. The fourth-order valence-electron chi connectivity index (χ4n) is 5.60. The maximum Gasteiger partial charge on any atom is 0.309 e. The molecule has 0 aromatic rings. The maximum absolute atomic E-state index is 12.1. The van der Waals surface area contributed by atoms with Gasteiger partial charge in [0.05, 0.1) is 12.5 Å². The van der Waals surface area contributed by atoms with E-state index >= 15 is 0 Å². The highest BCUT2D eigenvalue weighted by molar-refractivity contribution is 5.73. The molecule has 0 aliphatic heterocycles. The van der Waals surface area contributed by atoms with Gasteiger partial charge >= 0.3 is 5.97 Å². The van der Waals surface area contributed by atoms with Crippen molar-refractivity contribution in [2.45, 2.75) is 32.6 Å². The number of ether oxygens (including phenoxy) is 1. The van der Waals surface area contributed by atoms with Crippen LogP contribution in [0.4, 0.5) is 0 Å². The average Bonchev–Trinajstić information content (AvgIpc) is 3.10. The van der Waals surface area contributed by atoms with Crippen LogP contribution in [-0.2, 0) is 9.53 Å². The molecule has 4 aliphatic carbocycles. The second-order valence-electron chi connectivity index (χ2n) is 6.77. The van der Waals surface area contributed by atoms with Crippen molar-refractivity contribution < 1.29 is 9.53 Å². The summed E-state index contributed by atoms with van der Waals surface area (Å²) in [5, 5.41) is 0. The van der Waals surface area contributed by atoms with Crippen molar-refractivity contribution in [3.05, 3.63) is 12.2 Å². The van der Waals surface area contributed by atoms with E-state index in [1.54, 1.807) is 0 Å². The normalized spacial score (nSPS) is 50.8. The number of fused-ring (bicyclic) bond motifs is 9. The van der Waals surface area contributed by atoms with E-state index in [1.807, 2.05) is 0 Å². The summed E-state index contributed by atoms with van der Waals surface area (Å²) in [6.45, 7) is 2.66. The number of rotatable bonds is 3. The molecule has 98 valence electrons. The molecule has 3 fully saturated rings. The summed E-state index contributed by atoms with van der Waals surface area (Å²) in [6.07, 6.45) is 9.62. The van der Waals surface area contributed by atoms with Crippen LogP contribution in [0.5, 0.6) is 0 Å². The van der Waals surface area contributed by atoms with Crippen molar-refractivity contribution in [1.29, 1.82) is 0 Å². The molecule has 0 amide bonds. The van der Waals surface area contributed by atoms with Gasteiger partial charge in [0.15, 0.2) is 0 Å². The average molecular weight is 246 g/mol. The lowest BCUT2D eigenvalue weighted by Gasteiger charge is -2.35. The molecule has 2 heteroatoms. The summed E-state index contributed by atoms with van der Waals surface area (Å²) in [6, 6.07) is 0. The lowest BCUT2D eigenvalue weighted by Crippen LogP contribution is -2.35. The number of carbonyl (C=O) groups is 1. The van der Waals surface area contributed by atoms with Crippen LogP contribution in [-0.4, -0.2) is 12.6 Å². The van der Waals surface area contributed by atoms with Crippen molar-refractivity contribution in [3.8, 4) is 0 Å². The molecule has 4 rings (SSSR count). The minimum absolute atomic E-state index is 0.106. The molecule has 0 saturated heterocycles. The van der Waals surface area contributed by atoms with E-state index in [4.69, 9.17) is 4.74 Å². The highest BCUT2D eigenvalue weighted by Crippen LogP contribution is 2.67. The zero-order valence-electron chi connectivity index (χ0n) is 11.0. The van der Waals surface area contributed by atoms with Gasteiger partial charge in [-0.1, -0.05) is 19.1 Å². The van der Waals surface area contributed by atoms with Crippen LogP contribution in [0.15, 0.2) is 12.2 Å². The highest BCUT2D eigenvalue weighted by Gasteiger charge is 2.62. The summed E-state index contributed by atoms with van der Waals surface area (Å²) >= 11 is 0. The van der Waals surface area contributed by atoms with Crippen molar-refractivity contribution in [2.24, 2.45) is 41.4 Å². The third-order valence-electron chi connectivity index (χ3n) is 6.02. The molecular formula is C16H22O2. The van der Waals surface area contributed by atoms with Crippen molar-refractivity contribution >= 4 is 5.97 Å². The Kier molecular flexibility index (Phi) is 2.37. The lowest BCUT2D eigenvalue weighted by atomic mass is 9.69. The number of hydrogen-bond acceptors (Lipinski definition) is 2. The molecule has 0 aromatic carbocycles. The number of esters is 1. The Balaban J connectivity index is 1.52. The second-order valence-corrected chi connectivity index (χ2v) is 6.77. The van der Waals surface area contributed by atoms with E-state index in [-0.39, 0.29) is 11.9 Å². The van der Waals surface area contributed by atoms with E-state index in [0.29, 0.717) is 12.5 Å². The summed E-state index contributed by atoms with van der Waals surface area (Å²) < 4.78 is 5.40. The molecule has 2 nitrogen and oxygen atoms in total. The number of hydrogen-bond donors (Lipinski definition) is 0. The van der Waals surface area contributed by atoms with Crippen LogP contribution < -0.4 is 0 Å². The van der Waals surface area contributed by atoms with Gasteiger partial charge < -0.3 is 4.74 Å². The van der Waals surface area contributed by atoms with E-state index < -0.39 is 0 Å². The van der Waals surface area contributed by atoms with Gasteiger partial charge in [-0.15, -0.1) is 0 Å². The first kappa shape index (κ1) is 11.1. The fraction of sp³-hybridized carbons (Fsp3) is 0.812. The van der Waals surface area contributed by atoms with Gasteiger partial charge in [-0.2, -0.15) is 0 Å². The number of carbonyl (C=O) groups excluding carboxylic acids is 1. The van der Waals surface area contributed by atoms with Gasteiger partial charge in [0.2, 0.25) is 0 Å². The van der Waals surface area contributed by atoms with Gasteiger partial charge in [0.1, 0.15) is 0 Å². The Hall–Kier alpha value is -0.790. The highest BCUT2D eigenvalue weighted by atomic mass is 16.5. The predicted molar refractivity (Wildman–Crippen MR) is 68.7 cm³/mol. The van der Waals surface area contributed by atoms with Gasteiger partial charge in [-0.25, -0.2) is 0 Å². The molecule has 0 N–H and O–H groups in total. The minimum Gasteiger partial charge on any atom is -0.465 e. The van der Waals surface area contributed by atoms with E-state index in [9.17, 15) is 4.79 Å². The van der Waals surface area contributed by atoms with Crippen LogP contribution in [0.25, 0.3) is 0 Å². The van der Waals surface area contributed by atoms with Crippen molar-refractivity contribution in [1.82, 2.24) is 0 Å². The van der Waals surface area contributed by atoms with Crippen LogP contribution in [0, 0.1) is 41.4 Å². The van der Waals surface area contributed by atoms with Crippen LogP contribution in [0.2, 0.25) is 0 Å². The molecule has 3 saturated carbocycles. The molecular weight excluding hydrogens is 224 g/mol. The topological polar surface area (TPSA) is 26.3 Å². The maximum atomic E-state index is 12.1. The zero-order chi connectivity index (χ0) is 12.3. The SMILES string of the molecule is CCCOC(=O)C1CC2CC1C1C3C=CC(C3)C21. The third-order valence-corrected chi connectivity index (χ3v) is 6.02. The van der Waals surface area contributed by atoms with Crippen LogP contribution >= 0.6 is 0 Å². The van der Waals surface area contributed by atoms with Crippen molar-refractivity contribution in [3.63, 3.8) is 0 Å². The van der Waals surface area contributed by atoms with Gasteiger partial charge in [0, 0.05) is 0 Å². The quantitative estimate of drug-likeness (QED) is 0.434. The molecule has 7 atom stereocenters. The predicted octanol–water partition coefficient (Wildman–Crippen LogP) is 3.03. The summed E-state index contributed by atoms with van der Waals surface area (Å²) in [7, 11) is 0. The first-order valence-electron chi connectivity index (χ1n) is 7.64. The smallest absolute Gasteiger partial charge is 0.309 e. The fourth-order valence-corrected chi connectivity index (χ4v) is 5.60. The Morgan fingerprint density at radius 1 is 1.17 bits per heavy atom. The molecule has 7 unspecified atom stereocenters. The Morgan fingerprint density at radius 2 is 1.94 bits per heavy atom. The van der Waals surface area contributed by atoms with Crippen LogP contribution in [0.3, 0.4) is 0 Å². The second kappa shape index (κ2) is 3.85. The van der Waals surface area contributed by atoms with Gasteiger partial charge in [-0.05, 0) is 61.2 Å². The summed E-state index contributed by atoms with van der Waals surface area (Å²) in [4.78, 5) is 12.1. The standard InChI is InChI=1S/C16H22O2/c1-2-5-18-16(17)13-8-11-7-12(13)15-10-4-3-9(6-10)14(11)15/h3-4,9-15H,2,5-8H2,1H3. The molecule has 4 bridgehead atoms. The monoisotopic (exact) mass is 246 g/mol. The summed E-state index contributed by atoms with van der Waals surface area (Å²) in [5.74, 6) is 5.17. The van der Waals surface area contributed by atoms with Gasteiger partial charge in [-0.3, -0.25) is 4.79 Å². The number of allylic oxidation sites excluding steroid dienone is 2. The molecule has 18 heavy (non-hydrogen) atoms. The van der Waals surface area contributed by atoms with E-state index in [0.717, 1.165) is 42.4 Å². The van der Waals surface area contributed by atoms with E-state index in [1.165, 1.54) is 12.8 Å². The third kappa shape index (κ3) is 1.32. The largest absolute Gasteiger partial charge is 0.465 e. The Bertz CT molecular complexity index is 400. The molecule has 0 spiro atoms. The molecule has 0 radical (unpaired) electrons. The first-order chi connectivity index (χ1) is 8.79. The van der Waals surface area contributed by atoms with Crippen LogP contribution in [0.1, 0.15) is 32.6 Å². The van der Waals surface area contributed by atoms with Crippen molar-refractivity contribution in [2.75, 3.05) is 6.61 Å². The van der Waals surface area contributed by atoms with E-state index in [2.05, 4.69) is 19.1 Å².